The molecule has 2 aliphatic carbocycles. The number of phenols is 1. The van der Waals surface area contributed by atoms with E-state index in [1.165, 1.54) is 75.3 Å². The maximum atomic E-state index is 10.4. The summed E-state index contributed by atoms with van der Waals surface area (Å²) < 4.78 is 6.17. The van der Waals surface area contributed by atoms with Crippen LogP contribution in [0.4, 0.5) is 11.4 Å². The van der Waals surface area contributed by atoms with Crippen LogP contribution in [0.3, 0.4) is 0 Å². The molecule has 2 aliphatic rings. The third-order valence-electron chi connectivity index (χ3n) is 7.39. The average Bonchev–Trinajstić information content (AvgIpc) is 2.90. The van der Waals surface area contributed by atoms with Crippen LogP contribution >= 0.6 is 0 Å². The summed E-state index contributed by atoms with van der Waals surface area (Å²) in [6.45, 7) is 0. The standard InChI is InChI=1S/C30H34N2O2/c33-29-20-17-25(23-11-5-2-6-12-23)21-28(29)32-31-27-13-7-8-14-30(27)34-26-18-15-24(16-19-26)22-9-3-1-4-10-22/h7-8,13-23,33H,1-6,9-12H2. The van der Waals surface area contributed by atoms with Gasteiger partial charge in [-0.1, -0.05) is 68.9 Å². The van der Waals surface area contributed by atoms with Gasteiger partial charge in [0, 0.05) is 0 Å². The normalized spacial score (nSPS) is 17.8. The highest BCUT2D eigenvalue weighted by atomic mass is 16.5. The third kappa shape index (κ3) is 5.49. The second kappa shape index (κ2) is 10.9. The Labute approximate surface area is 202 Å². The molecule has 0 heterocycles. The highest BCUT2D eigenvalue weighted by Crippen LogP contribution is 2.39. The summed E-state index contributed by atoms with van der Waals surface area (Å²) in [7, 11) is 0. The molecule has 0 unspecified atom stereocenters. The second-order valence-electron chi connectivity index (χ2n) is 9.76. The SMILES string of the molecule is Oc1ccc(C2CCCCC2)cc1N=Nc1ccccc1Oc1ccc(C2CCCCC2)cc1. The summed E-state index contributed by atoms with van der Waals surface area (Å²) >= 11 is 0. The zero-order chi connectivity index (χ0) is 23.2. The van der Waals surface area contributed by atoms with Gasteiger partial charge in [-0.2, -0.15) is 0 Å². The summed E-state index contributed by atoms with van der Waals surface area (Å²) in [4.78, 5) is 0. The molecule has 0 aromatic heterocycles. The Bertz CT molecular complexity index is 1110. The van der Waals surface area contributed by atoms with E-state index in [9.17, 15) is 5.11 Å². The molecule has 4 heteroatoms. The number of ether oxygens (including phenoxy) is 1. The van der Waals surface area contributed by atoms with E-state index in [2.05, 4.69) is 34.5 Å². The molecule has 0 atom stereocenters. The minimum atomic E-state index is 0.153. The Morgan fingerprint density at radius 3 is 1.91 bits per heavy atom. The topological polar surface area (TPSA) is 54.2 Å². The molecule has 0 aliphatic heterocycles. The van der Waals surface area contributed by atoms with Crippen LogP contribution in [-0.4, -0.2) is 5.11 Å². The van der Waals surface area contributed by atoms with E-state index < -0.39 is 0 Å². The highest BCUT2D eigenvalue weighted by Gasteiger charge is 2.17. The van der Waals surface area contributed by atoms with E-state index in [4.69, 9.17) is 4.74 Å². The predicted molar refractivity (Wildman–Crippen MR) is 137 cm³/mol. The number of rotatable bonds is 6. The van der Waals surface area contributed by atoms with Crippen molar-refractivity contribution >= 4 is 11.4 Å². The molecular formula is C30H34N2O2. The number of azo groups is 1. The van der Waals surface area contributed by atoms with E-state index in [0.29, 0.717) is 29.0 Å². The molecule has 1 N–H and O–H groups in total. The molecule has 3 aromatic carbocycles. The number of aromatic hydroxyl groups is 1. The molecule has 0 bridgehead atoms. The number of hydrogen-bond acceptors (Lipinski definition) is 4. The van der Waals surface area contributed by atoms with Gasteiger partial charge >= 0.3 is 0 Å². The third-order valence-corrected chi connectivity index (χ3v) is 7.39. The average molecular weight is 455 g/mol. The molecule has 2 saturated carbocycles. The minimum Gasteiger partial charge on any atom is -0.506 e. The van der Waals surface area contributed by atoms with Crippen LogP contribution in [0.1, 0.15) is 87.2 Å². The van der Waals surface area contributed by atoms with Crippen molar-refractivity contribution in [3.63, 3.8) is 0 Å². The van der Waals surface area contributed by atoms with Crippen LogP contribution in [0.2, 0.25) is 0 Å². The minimum absolute atomic E-state index is 0.153. The maximum absolute atomic E-state index is 10.4. The van der Waals surface area contributed by atoms with Crippen molar-refractivity contribution in [3.05, 3.63) is 77.9 Å². The molecular weight excluding hydrogens is 420 g/mol. The van der Waals surface area contributed by atoms with Gasteiger partial charge in [0.15, 0.2) is 5.75 Å². The van der Waals surface area contributed by atoms with E-state index in [0.717, 1.165) is 5.75 Å². The first-order chi connectivity index (χ1) is 16.8. The molecule has 0 spiro atoms. The van der Waals surface area contributed by atoms with Gasteiger partial charge in [-0.25, -0.2) is 0 Å². The van der Waals surface area contributed by atoms with Crippen LogP contribution in [0.5, 0.6) is 17.2 Å². The Hall–Kier alpha value is -3.14. The van der Waals surface area contributed by atoms with Crippen molar-refractivity contribution in [2.75, 3.05) is 0 Å². The Morgan fingerprint density at radius 2 is 1.21 bits per heavy atom. The lowest BCUT2D eigenvalue weighted by Crippen LogP contribution is -2.04. The van der Waals surface area contributed by atoms with Crippen LogP contribution < -0.4 is 4.74 Å². The van der Waals surface area contributed by atoms with Crippen molar-refractivity contribution in [1.29, 1.82) is 0 Å². The summed E-state index contributed by atoms with van der Waals surface area (Å²) in [5.74, 6) is 2.83. The quantitative estimate of drug-likeness (QED) is 0.377. The van der Waals surface area contributed by atoms with Gasteiger partial charge in [0.25, 0.3) is 0 Å². The molecule has 34 heavy (non-hydrogen) atoms. The van der Waals surface area contributed by atoms with Gasteiger partial charge in [-0.15, -0.1) is 10.2 Å². The maximum Gasteiger partial charge on any atom is 0.154 e. The summed E-state index contributed by atoms with van der Waals surface area (Å²) in [5, 5.41) is 19.2. The molecule has 0 radical (unpaired) electrons. The zero-order valence-electron chi connectivity index (χ0n) is 19.8. The van der Waals surface area contributed by atoms with Crippen molar-refractivity contribution in [2.45, 2.75) is 76.0 Å². The van der Waals surface area contributed by atoms with Crippen molar-refractivity contribution in [1.82, 2.24) is 0 Å². The fourth-order valence-electron chi connectivity index (χ4n) is 5.42. The number of nitrogens with zero attached hydrogens (tertiary/aromatic N) is 2. The second-order valence-corrected chi connectivity index (χ2v) is 9.76. The van der Waals surface area contributed by atoms with Gasteiger partial charge in [0.2, 0.25) is 0 Å². The van der Waals surface area contributed by atoms with Crippen molar-refractivity contribution < 1.29 is 9.84 Å². The summed E-state index contributed by atoms with van der Waals surface area (Å²) in [6, 6.07) is 21.9. The van der Waals surface area contributed by atoms with Crippen LogP contribution in [0.25, 0.3) is 0 Å². The molecule has 4 nitrogen and oxygen atoms in total. The van der Waals surface area contributed by atoms with Crippen LogP contribution in [0, 0.1) is 0 Å². The molecule has 176 valence electrons. The Morgan fingerprint density at radius 1 is 0.618 bits per heavy atom. The first-order valence-corrected chi connectivity index (χ1v) is 12.9. The van der Waals surface area contributed by atoms with E-state index in [-0.39, 0.29) is 5.75 Å². The molecule has 0 amide bonds. The van der Waals surface area contributed by atoms with Crippen molar-refractivity contribution in [3.8, 4) is 17.2 Å². The number of para-hydroxylation sites is 1. The van der Waals surface area contributed by atoms with Gasteiger partial charge in [-0.3, -0.25) is 0 Å². The van der Waals surface area contributed by atoms with Gasteiger partial charge < -0.3 is 9.84 Å². The fraction of sp³-hybridized carbons (Fsp3) is 0.400. The number of phenolic OH excluding ortho intramolecular Hbond substituents is 1. The van der Waals surface area contributed by atoms with Gasteiger partial charge in [0.05, 0.1) is 0 Å². The van der Waals surface area contributed by atoms with E-state index >= 15 is 0 Å². The van der Waals surface area contributed by atoms with Crippen molar-refractivity contribution in [2.24, 2.45) is 10.2 Å². The van der Waals surface area contributed by atoms with Crippen LogP contribution in [-0.2, 0) is 0 Å². The monoisotopic (exact) mass is 454 g/mol. The summed E-state index contributed by atoms with van der Waals surface area (Å²) in [6.07, 6.45) is 12.9. The molecule has 2 fully saturated rings. The lowest BCUT2D eigenvalue weighted by atomic mass is 9.84. The van der Waals surface area contributed by atoms with Gasteiger partial charge in [-0.05, 0) is 85.0 Å². The van der Waals surface area contributed by atoms with E-state index in [1.807, 2.05) is 36.4 Å². The molecule has 5 rings (SSSR count). The predicted octanol–water partition coefficient (Wildman–Crippen LogP) is 9.70. The largest absolute Gasteiger partial charge is 0.506 e. The Kier molecular flexibility index (Phi) is 7.23. The lowest BCUT2D eigenvalue weighted by molar-refractivity contribution is 0.442. The first kappa shape index (κ1) is 22.6. The Balaban J connectivity index is 1.31. The van der Waals surface area contributed by atoms with Gasteiger partial charge in [0.1, 0.15) is 22.9 Å². The lowest BCUT2D eigenvalue weighted by Gasteiger charge is -2.22. The zero-order valence-corrected chi connectivity index (χ0v) is 19.8. The van der Waals surface area contributed by atoms with Crippen LogP contribution in [0.15, 0.2) is 77.0 Å². The number of benzene rings is 3. The number of hydrogen-bond donors (Lipinski definition) is 1. The molecule has 0 saturated heterocycles. The fourth-order valence-corrected chi connectivity index (χ4v) is 5.42. The van der Waals surface area contributed by atoms with E-state index in [1.54, 1.807) is 6.07 Å². The first-order valence-electron chi connectivity index (χ1n) is 12.9. The molecule has 3 aromatic rings. The highest BCUT2D eigenvalue weighted by molar-refractivity contribution is 5.56. The summed E-state index contributed by atoms with van der Waals surface area (Å²) in [5.41, 5.74) is 3.80. The smallest absolute Gasteiger partial charge is 0.154 e.